The minimum Gasteiger partial charge on any atom is -0.495 e. The number of alkyl halides is 3. The Morgan fingerprint density at radius 2 is 1.62 bits per heavy atom. The normalized spacial score (nSPS) is 16.2. The van der Waals surface area contributed by atoms with E-state index >= 15 is 0 Å². The van der Waals surface area contributed by atoms with Crippen molar-refractivity contribution in [2.45, 2.75) is 38.1 Å². The van der Waals surface area contributed by atoms with Crippen LogP contribution in [0, 0.1) is 6.92 Å². The van der Waals surface area contributed by atoms with Crippen molar-refractivity contribution in [3.05, 3.63) is 144 Å². The van der Waals surface area contributed by atoms with Crippen LogP contribution in [0.3, 0.4) is 0 Å². The molecule has 14 heteroatoms. The minimum absolute atomic E-state index is 0.236. The second kappa shape index (κ2) is 20.8. The molecule has 2 N–H and O–H groups in total. The Bertz CT molecular complexity index is 2240. The SMILES string of the molecule is CN1CCC[C@H]1c1cccnc1.COc1ccccc1N1CCN(CC(O)COc2cccc3ccccc23)CC1.Cc1oncc1C(=O)Nc1ccc(C(F)(F)F)cc1. The summed E-state index contributed by atoms with van der Waals surface area (Å²) >= 11 is 0. The van der Waals surface area contributed by atoms with E-state index < -0.39 is 23.8 Å². The number of anilines is 2. The van der Waals surface area contributed by atoms with Gasteiger partial charge in [-0.05, 0) is 92.8 Å². The summed E-state index contributed by atoms with van der Waals surface area (Å²) in [6.45, 7) is 7.33. The molecule has 2 aliphatic rings. The van der Waals surface area contributed by atoms with Crippen molar-refractivity contribution in [1.82, 2.24) is 19.9 Å². The monoisotopic (exact) mass is 824 g/mol. The van der Waals surface area contributed by atoms with Crippen LogP contribution in [-0.4, -0.2) is 97.1 Å². The quantitative estimate of drug-likeness (QED) is 0.139. The number of ether oxygens (including phenoxy) is 2. The van der Waals surface area contributed by atoms with Crippen molar-refractivity contribution in [2.75, 3.05) is 70.2 Å². The van der Waals surface area contributed by atoms with E-state index in [4.69, 9.17) is 14.0 Å². The van der Waals surface area contributed by atoms with E-state index in [1.807, 2.05) is 67.0 Å². The standard InChI is InChI=1S/C24H28N2O3.C12H9F3N2O2.C10H14N2/c1-28-24-11-5-4-10-22(24)26-15-13-25(14-16-26)17-20(27)18-29-23-12-6-8-19-7-2-3-9-21(19)23;1-7-10(6-16-19-7)11(18)17-9-4-2-8(3-5-9)12(13,14)15;1-12-7-3-5-10(12)9-4-2-6-11-8-9/h2-12,20,27H,13-18H2,1H3;2-6H,1H3,(H,17,18);2,4,6,8,10H,3,5,7H2,1H3/t;;10-/m..0/s1. The highest BCUT2D eigenvalue weighted by Crippen LogP contribution is 2.31. The minimum atomic E-state index is -4.40. The number of piperazine rings is 1. The van der Waals surface area contributed by atoms with Gasteiger partial charge >= 0.3 is 6.18 Å². The Balaban J connectivity index is 0.000000166. The summed E-state index contributed by atoms with van der Waals surface area (Å²) in [6.07, 6.45) is 2.73. The predicted molar refractivity (Wildman–Crippen MR) is 227 cm³/mol. The van der Waals surface area contributed by atoms with E-state index in [-0.39, 0.29) is 11.3 Å². The number of carbonyl (C=O) groups excluding carboxylic acids is 1. The molecule has 0 aliphatic carbocycles. The van der Waals surface area contributed by atoms with Crippen molar-refractivity contribution >= 4 is 28.1 Å². The fourth-order valence-corrected chi connectivity index (χ4v) is 7.28. The average Bonchev–Trinajstić information content (AvgIpc) is 3.91. The maximum absolute atomic E-state index is 12.4. The van der Waals surface area contributed by atoms with Crippen LogP contribution in [0.5, 0.6) is 11.5 Å². The molecular weight excluding hydrogens is 774 g/mol. The number of pyridine rings is 1. The number of aromatic nitrogens is 2. The highest BCUT2D eigenvalue weighted by Gasteiger charge is 2.30. The largest absolute Gasteiger partial charge is 0.495 e. The van der Waals surface area contributed by atoms with Crippen LogP contribution in [0.2, 0.25) is 0 Å². The molecule has 2 aromatic heterocycles. The number of rotatable bonds is 10. The van der Waals surface area contributed by atoms with E-state index in [1.165, 1.54) is 43.3 Å². The number of amides is 1. The molecule has 60 heavy (non-hydrogen) atoms. The zero-order valence-corrected chi connectivity index (χ0v) is 34.0. The molecule has 2 fully saturated rings. The number of benzene rings is 4. The Morgan fingerprint density at radius 3 is 2.28 bits per heavy atom. The summed E-state index contributed by atoms with van der Waals surface area (Å²) in [5, 5.41) is 18.6. The Morgan fingerprint density at radius 1 is 0.900 bits per heavy atom. The molecule has 316 valence electrons. The predicted octanol–water partition coefficient (Wildman–Crippen LogP) is 8.51. The van der Waals surface area contributed by atoms with E-state index in [2.05, 4.69) is 61.5 Å². The topological polar surface area (TPSA) is 116 Å². The lowest BCUT2D eigenvalue weighted by Gasteiger charge is -2.37. The van der Waals surface area contributed by atoms with Gasteiger partial charge in [-0.15, -0.1) is 0 Å². The smallest absolute Gasteiger partial charge is 0.416 e. The van der Waals surface area contributed by atoms with E-state index in [0.717, 1.165) is 66.3 Å². The molecule has 0 radical (unpaired) electrons. The molecule has 8 rings (SSSR count). The van der Waals surface area contributed by atoms with Gasteiger partial charge in [-0.2, -0.15) is 13.2 Å². The molecular formula is C46H51F3N6O5. The number of aryl methyl sites for hydroxylation is 1. The van der Waals surface area contributed by atoms with Gasteiger partial charge in [0.05, 0.1) is 24.6 Å². The summed E-state index contributed by atoms with van der Waals surface area (Å²) in [4.78, 5) is 22.9. The summed E-state index contributed by atoms with van der Waals surface area (Å²) < 4.78 is 53.2. The number of methoxy groups -OCH3 is 1. The lowest BCUT2D eigenvalue weighted by Crippen LogP contribution is -2.49. The zero-order valence-electron chi connectivity index (χ0n) is 34.0. The first-order valence-corrected chi connectivity index (χ1v) is 19.9. The lowest BCUT2D eigenvalue weighted by molar-refractivity contribution is -0.137. The maximum Gasteiger partial charge on any atom is 0.416 e. The highest BCUT2D eigenvalue weighted by atomic mass is 19.4. The van der Waals surface area contributed by atoms with E-state index in [9.17, 15) is 23.1 Å². The number of β-amino-alcohol motifs (C(OH)–C–C–N with tert-alkyl or cyclic N) is 1. The fraction of sp³-hybridized carbons (Fsp3) is 0.326. The molecule has 0 bridgehead atoms. The molecule has 11 nitrogen and oxygen atoms in total. The number of nitrogens with zero attached hydrogens (tertiary/aromatic N) is 5. The summed E-state index contributed by atoms with van der Waals surface area (Å²) in [6, 6.07) is 31.2. The number of nitrogens with one attached hydrogen (secondary N) is 1. The number of hydrogen-bond acceptors (Lipinski definition) is 10. The fourth-order valence-electron chi connectivity index (χ4n) is 7.28. The van der Waals surface area contributed by atoms with Gasteiger partial charge in [0.15, 0.2) is 0 Å². The van der Waals surface area contributed by atoms with Crippen LogP contribution in [0.1, 0.15) is 46.1 Å². The molecule has 0 spiro atoms. The Labute approximate surface area is 348 Å². The third kappa shape index (κ3) is 11.8. The van der Waals surface area contributed by atoms with Gasteiger partial charge in [-0.25, -0.2) is 0 Å². The molecule has 2 saturated heterocycles. The first-order valence-electron chi connectivity index (χ1n) is 19.9. The molecule has 1 unspecified atom stereocenters. The third-order valence-corrected chi connectivity index (χ3v) is 10.5. The molecule has 2 atom stereocenters. The number of likely N-dealkylation sites (tertiary alicyclic amines) is 1. The van der Waals surface area contributed by atoms with Gasteiger partial charge in [0.2, 0.25) is 0 Å². The molecule has 0 saturated carbocycles. The van der Waals surface area contributed by atoms with Crippen LogP contribution in [0.4, 0.5) is 24.5 Å². The van der Waals surface area contributed by atoms with Gasteiger partial charge in [0.1, 0.15) is 35.5 Å². The summed E-state index contributed by atoms with van der Waals surface area (Å²) in [5.41, 5.74) is 2.22. The highest BCUT2D eigenvalue weighted by molar-refractivity contribution is 6.04. The van der Waals surface area contributed by atoms with Crippen LogP contribution in [0.25, 0.3) is 10.8 Å². The van der Waals surface area contributed by atoms with Crippen LogP contribution in [-0.2, 0) is 6.18 Å². The van der Waals surface area contributed by atoms with Gasteiger partial charge < -0.3 is 29.3 Å². The number of aliphatic hydroxyl groups is 1. The van der Waals surface area contributed by atoms with Crippen LogP contribution >= 0.6 is 0 Å². The van der Waals surface area contributed by atoms with Crippen molar-refractivity contribution in [3.8, 4) is 11.5 Å². The molecule has 2 aliphatic heterocycles. The second-order valence-electron chi connectivity index (χ2n) is 14.7. The first kappa shape index (κ1) is 43.6. The lowest BCUT2D eigenvalue weighted by atomic mass is 10.1. The molecule has 1 amide bonds. The summed E-state index contributed by atoms with van der Waals surface area (Å²) in [7, 11) is 3.89. The van der Waals surface area contributed by atoms with Crippen molar-refractivity contribution < 1.29 is 37.1 Å². The third-order valence-electron chi connectivity index (χ3n) is 10.5. The van der Waals surface area contributed by atoms with Crippen molar-refractivity contribution in [3.63, 3.8) is 0 Å². The summed E-state index contributed by atoms with van der Waals surface area (Å²) in [5.74, 6) is 1.58. The molecule has 4 aromatic carbocycles. The van der Waals surface area contributed by atoms with E-state index in [1.54, 1.807) is 14.0 Å². The average molecular weight is 825 g/mol. The number of halogens is 3. The van der Waals surface area contributed by atoms with Gasteiger partial charge in [0.25, 0.3) is 5.91 Å². The first-order chi connectivity index (χ1) is 29.0. The number of hydrogen-bond donors (Lipinski definition) is 2. The van der Waals surface area contributed by atoms with Gasteiger partial charge in [0, 0.05) is 62.2 Å². The number of para-hydroxylation sites is 2. The number of fused-ring (bicyclic) bond motifs is 1. The Hall–Kier alpha value is -5.96. The van der Waals surface area contributed by atoms with Crippen LogP contribution in [0.15, 0.2) is 126 Å². The number of carbonyl (C=O) groups is 1. The van der Waals surface area contributed by atoms with Crippen LogP contribution < -0.4 is 19.7 Å². The maximum atomic E-state index is 12.4. The molecule has 6 aromatic rings. The molecule has 4 heterocycles. The van der Waals surface area contributed by atoms with Crippen molar-refractivity contribution in [1.29, 1.82) is 0 Å². The van der Waals surface area contributed by atoms with Gasteiger partial charge in [-0.3, -0.25) is 19.6 Å². The van der Waals surface area contributed by atoms with Gasteiger partial charge in [-0.1, -0.05) is 59.8 Å². The number of aliphatic hydroxyl groups excluding tert-OH is 1. The Kier molecular flexibility index (Phi) is 15.1. The zero-order chi connectivity index (χ0) is 42.5. The second-order valence-corrected chi connectivity index (χ2v) is 14.7. The van der Waals surface area contributed by atoms with Crippen molar-refractivity contribution in [2.24, 2.45) is 0 Å². The van der Waals surface area contributed by atoms with E-state index in [0.29, 0.717) is 25.0 Å².